The fraction of sp³-hybridized carbons (Fsp3) is 0.267. The van der Waals surface area contributed by atoms with Gasteiger partial charge in [-0.05, 0) is 18.2 Å². The Morgan fingerprint density at radius 2 is 2.35 bits per heavy atom. The van der Waals surface area contributed by atoms with E-state index >= 15 is 0 Å². The van der Waals surface area contributed by atoms with Crippen molar-refractivity contribution in [2.24, 2.45) is 0 Å². The average molecular weight is 288 g/mol. The number of hydrogen-bond acceptors (Lipinski definition) is 4. The van der Waals surface area contributed by atoms with Crippen LogP contribution in [-0.2, 0) is 0 Å². The molecule has 0 saturated carbocycles. The van der Waals surface area contributed by atoms with Crippen LogP contribution in [0.5, 0.6) is 5.75 Å². The van der Waals surface area contributed by atoms with Crippen LogP contribution in [0.4, 0.5) is 0 Å². The van der Waals surface area contributed by atoms with Crippen LogP contribution in [0, 0.1) is 11.8 Å². The zero-order valence-corrected chi connectivity index (χ0v) is 11.8. The van der Waals surface area contributed by atoms with E-state index in [1.54, 1.807) is 24.2 Å². The minimum atomic E-state index is 0.0905. The van der Waals surface area contributed by atoms with Gasteiger partial charge in [-0.1, -0.05) is 29.7 Å². The number of hydrogen-bond donors (Lipinski definition) is 2. The van der Waals surface area contributed by atoms with E-state index in [9.17, 15) is 0 Å². The van der Waals surface area contributed by atoms with Crippen molar-refractivity contribution < 1.29 is 9.84 Å². The van der Waals surface area contributed by atoms with Gasteiger partial charge < -0.3 is 14.8 Å². The van der Waals surface area contributed by atoms with E-state index < -0.39 is 0 Å². The van der Waals surface area contributed by atoms with Crippen LogP contribution in [0.15, 0.2) is 41.8 Å². The van der Waals surface area contributed by atoms with Gasteiger partial charge in [0, 0.05) is 30.1 Å². The molecule has 20 heavy (non-hydrogen) atoms. The van der Waals surface area contributed by atoms with Gasteiger partial charge in [-0.15, -0.1) is 0 Å². The number of thioether (sulfide) groups is 1. The lowest BCUT2D eigenvalue weighted by atomic mass is 10.2. The number of aliphatic hydroxyl groups excluding tert-OH is 1. The molecule has 4 nitrogen and oxygen atoms in total. The molecule has 0 atom stereocenters. The molecule has 0 aliphatic heterocycles. The number of aromatic amines is 1. The van der Waals surface area contributed by atoms with Crippen molar-refractivity contribution in [1.82, 2.24) is 9.97 Å². The van der Waals surface area contributed by atoms with Crippen molar-refractivity contribution in [3.05, 3.63) is 42.2 Å². The number of H-pyrrole nitrogens is 1. The third kappa shape index (κ3) is 5.00. The molecule has 2 N–H and O–H groups in total. The lowest BCUT2D eigenvalue weighted by Gasteiger charge is -2.05. The summed E-state index contributed by atoms with van der Waals surface area (Å²) in [5, 5.41) is 9.58. The van der Waals surface area contributed by atoms with Gasteiger partial charge in [0.2, 0.25) is 0 Å². The zero-order valence-electron chi connectivity index (χ0n) is 11.0. The van der Waals surface area contributed by atoms with Crippen molar-refractivity contribution in [3.8, 4) is 17.6 Å². The lowest BCUT2D eigenvalue weighted by molar-refractivity contribution is 0.305. The van der Waals surface area contributed by atoms with Gasteiger partial charge in [0.1, 0.15) is 5.75 Å². The number of rotatable bonds is 6. The van der Waals surface area contributed by atoms with E-state index in [-0.39, 0.29) is 6.61 Å². The minimum absolute atomic E-state index is 0.0905. The number of benzene rings is 1. The maximum Gasteiger partial charge on any atom is 0.165 e. The number of imidazole rings is 1. The summed E-state index contributed by atoms with van der Waals surface area (Å²) in [6, 6.07) is 7.66. The second-order valence-electron chi connectivity index (χ2n) is 3.89. The standard InChI is InChI=1S/C15H16N2O2S/c18-9-2-1-4-13-5-3-6-14(12-13)19-10-11-20-15-16-7-8-17-15/h3,5-8,12,18H,2,9-11H2,(H,16,17). The van der Waals surface area contributed by atoms with Gasteiger partial charge in [0.25, 0.3) is 0 Å². The quantitative estimate of drug-likeness (QED) is 0.486. The van der Waals surface area contributed by atoms with Crippen LogP contribution in [0.3, 0.4) is 0 Å². The number of ether oxygens (including phenoxy) is 1. The summed E-state index contributed by atoms with van der Waals surface area (Å²) in [6.07, 6.45) is 4.03. The first-order valence-corrected chi connectivity index (χ1v) is 7.32. The molecule has 0 spiro atoms. The Hall–Kier alpha value is -1.90. The number of nitrogens with zero attached hydrogens (tertiary/aromatic N) is 1. The highest BCUT2D eigenvalue weighted by molar-refractivity contribution is 7.99. The molecule has 2 rings (SSSR count). The molecule has 0 fully saturated rings. The van der Waals surface area contributed by atoms with Crippen molar-refractivity contribution in [2.45, 2.75) is 11.6 Å². The summed E-state index contributed by atoms with van der Waals surface area (Å²) in [6.45, 7) is 0.700. The first-order chi connectivity index (χ1) is 9.88. The summed E-state index contributed by atoms with van der Waals surface area (Å²) >= 11 is 1.62. The normalized spacial score (nSPS) is 9.85. The van der Waals surface area contributed by atoms with E-state index in [4.69, 9.17) is 9.84 Å². The molecule has 2 aromatic rings. The van der Waals surface area contributed by atoms with Crippen molar-refractivity contribution in [3.63, 3.8) is 0 Å². The van der Waals surface area contributed by atoms with E-state index in [2.05, 4.69) is 21.8 Å². The van der Waals surface area contributed by atoms with Crippen LogP contribution in [0.1, 0.15) is 12.0 Å². The highest BCUT2D eigenvalue weighted by atomic mass is 32.2. The molecule has 0 aliphatic rings. The van der Waals surface area contributed by atoms with Crippen LogP contribution < -0.4 is 4.74 Å². The highest BCUT2D eigenvalue weighted by Crippen LogP contribution is 2.15. The summed E-state index contributed by atoms with van der Waals surface area (Å²) in [4.78, 5) is 7.16. The third-order valence-corrected chi connectivity index (χ3v) is 3.24. The smallest absolute Gasteiger partial charge is 0.165 e. The van der Waals surface area contributed by atoms with Crippen molar-refractivity contribution >= 4 is 11.8 Å². The van der Waals surface area contributed by atoms with Crippen LogP contribution in [0.25, 0.3) is 0 Å². The second kappa shape index (κ2) is 8.31. The topological polar surface area (TPSA) is 58.1 Å². The fourth-order valence-corrected chi connectivity index (χ4v) is 2.16. The first kappa shape index (κ1) is 14.5. The Balaban J connectivity index is 1.78. The van der Waals surface area contributed by atoms with Gasteiger partial charge in [0.15, 0.2) is 5.16 Å². The van der Waals surface area contributed by atoms with Gasteiger partial charge in [0.05, 0.1) is 13.2 Å². The van der Waals surface area contributed by atoms with E-state index in [0.29, 0.717) is 13.0 Å². The highest BCUT2D eigenvalue weighted by Gasteiger charge is 1.98. The zero-order chi connectivity index (χ0) is 14.0. The molecule has 0 amide bonds. The minimum Gasteiger partial charge on any atom is -0.493 e. The molecule has 5 heteroatoms. The van der Waals surface area contributed by atoms with Crippen LogP contribution in [-0.4, -0.2) is 34.0 Å². The number of aliphatic hydroxyl groups is 1. The van der Waals surface area contributed by atoms with E-state index in [1.165, 1.54) is 0 Å². The first-order valence-electron chi connectivity index (χ1n) is 6.33. The number of nitrogens with one attached hydrogen (secondary N) is 1. The Morgan fingerprint density at radius 3 is 3.15 bits per heavy atom. The summed E-state index contributed by atoms with van der Waals surface area (Å²) in [5.74, 6) is 7.51. The lowest BCUT2D eigenvalue weighted by Crippen LogP contribution is -2.00. The predicted octanol–water partition coefficient (Wildman–Crippen LogP) is 2.31. The van der Waals surface area contributed by atoms with Crippen LogP contribution in [0.2, 0.25) is 0 Å². The van der Waals surface area contributed by atoms with Gasteiger partial charge >= 0.3 is 0 Å². The third-order valence-electron chi connectivity index (χ3n) is 2.37. The molecular formula is C15H16N2O2S. The molecule has 0 saturated heterocycles. The Bertz CT molecular complexity index is 573. The summed E-state index contributed by atoms with van der Waals surface area (Å²) in [5.41, 5.74) is 0.898. The summed E-state index contributed by atoms with van der Waals surface area (Å²) in [7, 11) is 0. The second-order valence-corrected chi connectivity index (χ2v) is 4.98. The van der Waals surface area contributed by atoms with Gasteiger partial charge in [-0.3, -0.25) is 0 Å². The average Bonchev–Trinajstić information content (AvgIpc) is 2.98. The molecule has 0 aliphatic carbocycles. The predicted molar refractivity (Wildman–Crippen MR) is 79.8 cm³/mol. The molecule has 0 unspecified atom stereocenters. The fourth-order valence-electron chi connectivity index (χ4n) is 1.51. The molecule has 1 aromatic heterocycles. The van der Waals surface area contributed by atoms with Crippen molar-refractivity contribution in [2.75, 3.05) is 19.0 Å². The molecule has 104 valence electrons. The Labute approximate surface area is 122 Å². The van der Waals surface area contributed by atoms with E-state index in [0.717, 1.165) is 22.2 Å². The summed E-state index contributed by atoms with van der Waals surface area (Å²) < 4.78 is 5.67. The molecular weight excluding hydrogens is 272 g/mol. The van der Waals surface area contributed by atoms with Crippen LogP contribution >= 0.6 is 11.8 Å². The largest absolute Gasteiger partial charge is 0.493 e. The molecule has 1 aromatic carbocycles. The maximum absolute atomic E-state index is 8.68. The Morgan fingerprint density at radius 1 is 1.40 bits per heavy atom. The molecule has 1 heterocycles. The van der Waals surface area contributed by atoms with E-state index in [1.807, 2.05) is 24.3 Å². The monoisotopic (exact) mass is 288 g/mol. The Kier molecular flexibility index (Phi) is 6.03. The number of aromatic nitrogens is 2. The molecule has 0 radical (unpaired) electrons. The van der Waals surface area contributed by atoms with Crippen molar-refractivity contribution in [1.29, 1.82) is 0 Å². The van der Waals surface area contributed by atoms with Gasteiger partial charge in [-0.25, -0.2) is 4.98 Å². The maximum atomic E-state index is 8.68. The molecule has 0 bridgehead atoms. The van der Waals surface area contributed by atoms with Gasteiger partial charge in [-0.2, -0.15) is 0 Å². The SMILES string of the molecule is OCCC#Cc1cccc(OCCSc2ncc[nH]2)c1.